The van der Waals surface area contributed by atoms with Crippen LogP contribution in [0.4, 0.5) is 5.82 Å². The largest absolute Gasteiger partial charge is 0.383 e. The number of hydrogen-bond donors (Lipinski definition) is 1. The molecule has 0 aromatic carbocycles. The topological polar surface area (TPSA) is 72.1 Å². The van der Waals surface area contributed by atoms with Crippen molar-refractivity contribution < 1.29 is 4.79 Å². The van der Waals surface area contributed by atoms with Gasteiger partial charge in [-0.2, -0.15) is 0 Å². The molecule has 0 unspecified atom stereocenters. The fourth-order valence-corrected chi connectivity index (χ4v) is 3.98. The average molecular weight is 348 g/mol. The van der Waals surface area contributed by atoms with E-state index >= 15 is 0 Å². The van der Waals surface area contributed by atoms with Crippen molar-refractivity contribution in [3.05, 3.63) is 35.8 Å². The van der Waals surface area contributed by atoms with Gasteiger partial charge in [-0.05, 0) is 19.4 Å². The van der Waals surface area contributed by atoms with Crippen LogP contribution in [0.25, 0.3) is 10.2 Å². The lowest BCUT2D eigenvalue weighted by atomic mass is 10.2. The van der Waals surface area contributed by atoms with E-state index in [2.05, 4.69) is 23.1 Å². The van der Waals surface area contributed by atoms with Crippen LogP contribution in [0.3, 0.4) is 0 Å². The van der Waals surface area contributed by atoms with E-state index in [-0.39, 0.29) is 11.7 Å². The third kappa shape index (κ3) is 3.92. The molecule has 0 radical (unpaired) electrons. The van der Waals surface area contributed by atoms with Crippen molar-refractivity contribution in [2.75, 3.05) is 24.6 Å². The molecule has 0 aliphatic heterocycles. The second-order valence-electron chi connectivity index (χ2n) is 5.02. The van der Waals surface area contributed by atoms with Gasteiger partial charge in [-0.3, -0.25) is 4.79 Å². The van der Waals surface area contributed by atoms with Crippen LogP contribution in [-0.2, 0) is 4.79 Å². The highest BCUT2D eigenvalue weighted by atomic mass is 32.2. The monoisotopic (exact) mass is 348 g/mol. The minimum Gasteiger partial charge on any atom is -0.383 e. The number of nitrogens with zero attached hydrogens (tertiary/aromatic N) is 3. The highest BCUT2D eigenvalue weighted by Crippen LogP contribution is 2.33. The van der Waals surface area contributed by atoms with Gasteiger partial charge in [0.1, 0.15) is 10.6 Å². The lowest BCUT2D eigenvalue weighted by Crippen LogP contribution is -2.32. The minimum atomic E-state index is -0.00407. The molecule has 0 bridgehead atoms. The molecule has 7 heteroatoms. The maximum atomic E-state index is 12.2. The lowest BCUT2D eigenvalue weighted by Gasteiger charge is -2.18. The van der Waals surface area contributed by atoms with Crippen molar-refractivity contribution in [1.29, 1.82) is 0 Å². The molecule has 2 aromatic heterocycles. The number of nitrogens with two attached hydrogens (primary N) is 1. The first-order valence-corrected chi connectivity index (χ1v) is 8.93. The van der Waals surface area contributed by atoms with E-state index in [4.69, 9.17) is 5.73 Å². The summed E-state index contributed by atoms with van der Waals surface area (Å²) in [7, 11) is 0. The molecule has 0 spiro atoms. The summed E-state index contributed by atoms with van der Waals surface area (Å²) in [6, 6.07) is 0. The molecule has 122 valence electrons. The predicted molar refractivity (Wildman–Crippen MR) is 99.0 cm³/mol. The Morgan fingerprint density at radius 2 is 1.96 bits per heavy atom. The molecule has 1 amide bonds. The van der Waals surface area contributed by atoms with Crippen LogP contribution >= 0.6 is 23.1 Å². The number of hydrogen-bond acceptors (Lipinski definition) is 6. The molecule has 0 saturated carbocycles. The maximum absolute atomic E-state index is 12.2. The van der Waals surface area contributed by atoms with E-state index in [9.17, 15) is 4.79 Å². The number of thioether (sulfide) groups is 1. The van der Waals surface area contributed by atoms with Gasteiger partial charge in [0.25, 0.3) is 0 Å². The summed E-state index contributed by atoms with van der Waals surface area (Å²) in [5, 5.41) is 1.45. The van der Waals surface area contributed by atoms with Gasteiger partial charge < -0.3 is 10.6 Å². The van der Waals surface area contributed by atoms with Crippen molar-refractivity contribution >= 4 is 45.0 Å². The molecule has 2 aromatic rings. The van der Waals surface area contributed by atoms with Crippen LogP contribution in [0.5, 0.6) is 0 Å². The van der Waals surface area contributed by atoms with Crippen LogP contribution in [0.2, 0.25) is 0 Å². The highest BCUT2D eigenvalue weighted by molar-refractivity contribution is 7.99. The SMILES string of the molecule is C=CCN(CC=C)C(=O)CSc1nc(N)c2c(C)c(C)sc2n1. The molecule has 0 atom stereocenters. The average Bonchev–Trinajstić information content (AvgIpc) is 2.79. The Morgan fingerprint density at radius 1 is 1.30 bits per heavy atom. The summed E-state index contributed by atoms with van der Waals surface area (Å²) in [5.41, 5.74) is 7.18. The van der Waals surface area contributed by atoms with E-state index in [1.807, 2.05) is 13.8 Å². The van der Waals surface area contributed by atoms with Crippen molar-refractivity contribution in [2.24, 2.45) is 0 Å². The zero-order chi connectivity index (χ0) is 17.0. The quantitative estimate of drug-likeness (QED) is 0.473. The van der Waals surface area contributed by atoms with Crippen LogP contribution in [0, 0.1) is 13.8 Å². The number of nitrogen functional groups attached to an aromatic ring is 1. The van der Waals surface area contributed by atoms with Gasteiger partial charge in [0.2, 0.25) is 5.91 Å². The summed E-state index contributed by atoms with van der Waals surface area (Å²) in [6.45, 7) is 12.4. The van der Waals surface area contributed by atoms with Crippen LogP contribution in [0.1, 0.15) is 10.4 Å². The Bertz CT molecular complexity index is 744. The maximum Gasteiger partial charge on any atom is 0.233 e. The third-order valence-corrected chi connectivity index (χ3v) is 5.35. The molecule has 0 aliphatic rings. The van der Waals surface area contributed by atoms with Gasteiger partial charge in [0, 0.05) is 18.0 Å². The van der Waals surface area contributed by atoms with E-state index in [0.717, 1.165) is 15.8 Å². The number of fused-ring (bicyclic) bond motifs is 1. The fourth-order valence-electron chi connectivity index (χ4n) is 2.13. The summed E-state index contributed by atoms with van der Waals surface area (Å²) in [4.78, 5) is 24.8. The summed E-state index contributed by atoms with van der Waals surface area (Å²) < 4.78 is 0. The third-order valence-electron chi connectivity index (χ3n) is 3.41. The molecule has 5 nitrogen and oxygen atoms in total. The van der Waals surface area contributed by atoms with Gasteiger partial charge >= 0.3 is 0 Å². The first-order valence-electron chi connectivity index (χ1n) is 7.13. The van der Waals surface area contributed by atoms with Crippen LogP contribution < -0.4 is 5.73 Å². The van der Waals surface area contributed by atoms with Gasteiger partial charge in [0.15, 0.2) is 5.16 Å². The van der Waals surface area contributed by atoms with Crippen molar-refractivity contribution in [2.45, 2.75) is 19.0 Å². The molecule has 2 N–H and O–H groups in total. The number of carbonyl (C=O) groups is 1. The normalized spacial score (nSPS) is 10.7. The van der Waals surface area contributed by atoms with Gasteiger partial charge in [-0.25, -0.2) is 9.97 Å². The second kappa shape index (κ2) is 7.61. The number of amides is 1. The van der Waals surface area contributed by atoms with Crippen LogP contribution in [-0.4, -0.2) is 39.6 Å². The second-order valence-corrected chi connectivity index (χ2v) is 7.17. The molecular formula is C16H20N4OS2. The van der Waals surface area contributed by atoms with Gasteiger partial charge in [-0.15, -0.1) is 24.5 Å². The smallest absolute Gasteiger partial charge is 0.233 e. The first-order chi connectivity index (χ1) is 11.0. The van der Waals surface area contributed by atoms with Crippen LogP contribution in [0.15, 0.2) is 30.5 Å². The number of thiophene rings is 1. The number of aryl methyl sites for hydroxylation is 2. The van der Waals surface area contributed by atoms with E-state index in [1.54, 1.807) is 28.4 Å². The number of rotatable bonds is 7. The molecular weight excluding hydrogens is 328 g/mol. The van der Waals surface area contributed by atoms with Gasteiger partial charge in [0.05, 0.1) is 11.1 Å². The number of carbonyl (C=O) groups excluding carboxylic acids is 1. The molecule has 23 heavy (non-hydrogen) atoms. The summed E-state index contributed by atoms with van der Waals surface area (Å²) >= 11 is 2.89. The van der Waals surface area contributed by atoms with E-state index < -0.39 is 0 Å². The van der Waals surface area contributed by atoms with E-state index in [1.165, 1.54) is 16.6 Å². The summed E-state index contributed by atoms with van der Waals surface area (Å²) in [5.74, 6) is 0.729. The molecule has 0 fully saturated rings. The number of anilines is 1. The van der Waals surface area contributed by atoms with Crippen molar-refractivity contribution in [3.63, 3.8) is 0 Å². The molecule has 0 aliphatic carbocycles. The molecule has 0 saturated heterocycles. The standard InChI is InChI=1S/C16H20N4OS2/c1-5-7-20(8-6-2)12(21)9-22-16-18-14(17)13-10(3)11(4)23-15(13)19-16/h5-6H,1-2,7-9H2,3-4H3,(H2,17,18,19). The first kappa shape index (κ1) is 17.5. The molecule has 2 heterocycles. The molecule has 2 rings (SSSR count). The van der Waals surface area contributed by atoms with E-state index in [0.29, 0.717) is 24.1 Å². The Hall–Kier alpha value is -1.86. The Labute approximate surface area is 144 Å². The van der Waals surface area contributed by atoms with Crippen molar-refractivity contribution in [1.82, 2.24) is 14.9 Å². The number of aromatic nitrogens is 2. The highest BCUT2D eigenvalue weighted by Gasteiger charge is 2.15. The zero-order valence-corrected chi connectivity index (χ0v) is 15.0. The van der Waals surface area contributed by atoms with Crippen molar-refractivity contribution in [3.8, 4) is 0 Å². The fraction of sp³-hybridized carbons (Fsp3) is 0.312. The predicted octanol–water partition coefficient (Wildman–Crippen LogP) is 3.18. The Balaban J connectivity index is 2.14. The lowest BCUT2D eigenvalue weighted by molar-refractivity contribution is -0.127. The zero-order valence-electron chi connectivity index (χ0n) is 13.3. The Morgan fingerprint density at radius 3 is 2.57 bits per heavy atom. The van der Waals surface area contributed by atoms with Gasteiger partial charge in [-0.1, -0.05) is 23.9 Å². The Kier molecular flexibility index (Phi) is 5.79. The minimum absolute atomic E-state index is 0.00407. The summed E-state index contributed by atoms with van der Waals surface area (Å²) in [6.07, 6.45) is 3.40.